The topological polar surface area (TPSA) is 117 Å². The van der Waals surface area contributed by atoms with Crippen molar-refractivity contribution < 1.29 is 14.4 Å². The molecule has 1 rings (SSSR count). The first-order valence-corrected chi connectivity index (χ1v) is 22.9. The van der Waals surface area contributed by atoms with Crippen LogP contribution in [0.4, 0.5) is 0 Å². The molecule has 0 bridgehead atoms. The molecular formula is C45H81N3O6. The van der Waals surface area contributed by atoms with Crippen LogP contribution >= 0.6 is 0 Å². The van der Waals surface area contributed by atoms with Crippen LogP contribution in [0, 0.1) is 0 Å². The van der Waals surface area contributed by atoms with Crippen molar-refractivity contribution in [2.75, 3.05) is 0 Å². The van der Waals surface area contributed by atoms with Crippen molar-refractivity contribution in [1.29, 1.82) is 0 Å². The van der Waals surface area contributed by atoms with Gasteiger partial charge in [-0.2, -0.15) is 13.7 Å². The average molecular weight is 760 g/mol. The molecule has 9 nitrogen and oxygen atoms in total. The van der Waals surface area contributed by atoms with E-state index in [4.69, 9.17) is 0 Å². The van der Waals surface area contributed by atoms with Crippen LogP contribution in [0.15, 0.2) is 14.4 Å². The number of hydrogen-bond acceptors (Lipinski definition) is 6. The maximum absolute atomic E-state index is 13.5. The molecule has 0 N–H and O–H groups in total. The van der Waals surface area contributed by atoms with Gasteiger partial charge < -0.3 is 0 Å². The molecule has 9 heteroatoms. The third-order valence-electron chi connectivity index (χ3n) is 10.9. The third-order valence-corrected chi connectivity index (χ3v) is 10.9. The van der Waals surface area contributed by atoms with Crippen LogP contribution in [-0.4, -0.2) is 31.4 Å². The lowest BCUT2D eigenvalue weighted by molar-refractivity contribution is 0.0832. The van der Waals surface area contributed by atoms with E-state index in [1.807, 2.05) is 0 Å². The van der Waals surface area contributed by atoms with Gasteiger partial charge in [0.15, 0.2) is 0 Å². The lowest BCUT2D eigenvalue weighted by Gasteiger charge is -2.12. The number of nitrogens with zero attached hydrogens (tertiary/aromatic N) is 3. The van der Waals surface area contributed by atoms with Crippen LogP contribution in [0.2, 0.25) is 0 Å². The van der Waals surface area contributed by atoms with Crippen LogP contribution in [0.25, 0.3) is 0 Å². The molecule has 0 aromatic carbocycles. The number of aromatic nitrogens is 3. The van der Waals surface area contributed by atoms with Crippen molar-refractivity contribution in [2.24, 2.45) is 0 Å². The van der Waals surface area contributed by atoms with E-state index in [9.17, 15) is 28.8 Å². The minimum Gasteiger partial charge on any atom is -0.274 e. The molecule has 0 fully saturated rings. The molecule has 0 aliphatic carbocycles. The highest BCUT2D eigenvalue weighted by atomic mass is 16.2. The Balaban J connectivity index is 2.83. The summed E-state index contributed by atoms with van der Waals surface area (Å²) in [5, 5.41) is 0. The average Bonchev–Trinajstić information content (AvgIpc) is 3.15. The molecule has 0 amide bonds. The fourth-order valence-corrected chi connectivity index (χ4v) is 7.34. The van der Waals surface area contributed by atoms with E-state index in [2.05, 4.69) is 20.8 Å². The minimum atomic E-state index is -1.25. The molecule has 0 radical (unpaired) electrons. The predicted molar refractivity (Wildman–Crippen MR) is 224 cm³/mol. The van der Waals surface area contributed by atoms with E-state index in [-0.39, 0.29) is 19.3 Å². The highest BCUT2D eigenvalue weighted by Gasteiger charge is 2.26. The second-order valence-electron chi connectivity index (χ2n) is 15.9. The number of carbonyl (C=O) groups is 3. The Morgan fingerprint density at radius 3 is 0.593 bits per heavy atom. The maximum atomic E-state index is 13.5. The summed E-state index contributed by atoms with van der Waals surface area (Å²) in [5.74, 6) is -2.31. The van der Waals surface area contributed by atoms with Gasteiger partial charge in [0.25, 0.3) is 0 Å². The van der Waals surface area contributed by atoms with Gasteiger partial charge in [-0.1, -0.05) is 213 Å². The largest absolute Gasteiger partial charge is 0.350 e. The second kappa shape index (κ2) is 33.7. The molecule has 1 heterocycles. The van der Waals surface area contributed by atoms with Gasteiger partial charge in [-0.15, -0.1) is 0 Å². The highest BCUT2D eigenvalue weighted by molar-refractivity contribution is 5.83. The van der Waals surface area contributed by atoms with Crippen molar-refractivity contribution in [3.8, 4) is 0 Å². The van der Waals surface area contributed by atoms with Crippen LogP contribution in [0.5, 0.6) is 0 Å². The fourth-order valence-electron chi connectivity index (χ4n) is 7.34. The zero-order chi connectivity index (χ0) is 39.7. The standard InChI is InChI=1S/C45H81N3O6/c1-4-7-10-13-16-19-22-25-28-31-34-37-40(49)46-43(52)47(41(50)38-35-32-29-26-23-20-17-14-11-8-5-2)45(54)48(44(46)53)42(51)39-36-33-30-27-24-21-18-15-12-9-6-3/h4-39H2,1-3H3. The van der Waals surface area contributed by atoms with Crippen molar-refractivity contribution in [1.82, 2.24) is 13.7 Å². The molecule has 54 heavy (non-hydrogen) atoms. The van der Waals surface area contributed by atoms with E-state index in [1.54, 1.807) is 0 Å². The van der Waals surface area contributed by atoms with Gasteiger partial charge in [0, 0.05) is 19.3 Å². The van der Waals surface area contributed by atoms with E-state index in [1.165, 1.54) is 116 Å². The SMILES string of the molecule is CCCCCCCCCCCCCC(=O)n1c(=O)n(C(=O)CCCCCCCCCCCCC)c(=O)n(C(=O)CCCCCCCCCCCCC)c1=O. The summed E-state index contributed by atoms with van der Waals surface area (Å²) in [6, 6.07) is 0. The van der Waals surface area contributed by atoms with Gasteiger partial charge in [-0.25, -0.2) is 14.4 Å². The smallest absolute Gasteiger partial charge is 0.274 e. The van der Waals surface area contributed by atoms with Gasteiger partial charge in [0.05, 0.1) is 0 Å². The van der Waals surface area contributed by atoms with E-state index < -0.39 is 34.8 Å². The summed E-state index contributed by atoms with van der Waals surface area (Å²) in [6.07, 6.45) is 35.8. The predicted octanol–water partition coefficient (Wildman–Crippen LogP) is 12.2. The van der Waals surface area contributed by atoms with Crippen molar-refractivity contribution in [3.05, 3.63) is 31.5 Å². The second-order valence-corrected chi connectivity index (χ2v) is 15.9. The summed E-state index contributed by atoms with van der Waals surface area (Å²) in [5.41, 5.74) is -3.74. The summed E-state index contributed by atoms with van der Waals surface area (Å²) in [4.78, 5) is 80.5. The van der Waals surface area contributed by atoms with Gasteiger partial charge in [0.2, 0.25) is 17.7 Å². The summed E-state index contributed by atoms with van der Waals surface area (Å²) < 4.78 is 1.11. The van der Waals surface area contributed by atoms with Crippen molar-refractivity contribution >= 4 is 17.7 Å². The number of carbonyl (C=O) groups excluding carboxylic acids is 3. The zero-order valence-electron chi connectivity index (χ0n) is 35.2. The fraction of sp³-hybridized carbons (Fsp3) is 0.867. The Hall–Kier alpha value is -2.58. The molecular weight excluding hydrogens is 679 g/mol. The molecule has 0 aliphatic heterocycles. The Labute approximate surface area is 328 Å². The molecule has 0 unspecified atom stereocenters. The van der Waals surface area contributed by atoms with Crippen LogP contribution < -0.4 is 17.1 Å². The van der Waals surface area contributed by atoms with Gasteiger partial charge >= 0.3 is 17.1 Å². The molecule has 1 aromatic rings. The highest BCUT2D eigenvalue weighted by Crippen LogP contribution is 2.15. The Bertz CT molecular complexity index is 1120. The van der Waals surface area contributed by atoms with Gasteiger partial charge in [-0.3, -0.25) is 14.4 Å². The maximum Gasteiger partial charge on any atom is 0.350 e. The van der Waals surface area contributed by atoms with Crippen LogP contribution in [0.3, 0.4) is 0 Å². The molecule has 0 spiro atoms. The first-order chi connectivity index (χ1) is 26.3. The van der Waals surface area contributed by atoms with Crippen LogP contribution in [0.1, 0.15) is 266 Å². The van der Waals surface area contributed by atoms with Gasteiger partial charge in [0.1, 0.15) is 0 Å². The first kappa shape index (κ1) is 49.4. The lowest BCUT2D eigenvalue weighted by atomic mass is 10.1. The number of hydrogen-bond donors (Lipinski definition) is 0. The van der Waals surface area contributed by atoms with E-state index in [0.717, 1.165) is 77.0 Å². The minimum absolute atomic E-state index is 0.0655. The summed E-state index contributed by atoms with van der Waals surface area (Å²) in [6.45, 7) is 6.65. The Morgan fingerprint density at radius 2 is 0.426 bits per heavy atom. The van der Waals surface area contributed by atoms with E-state index in [0.29, 0.717) is 33.0 Å². The molecule has 0 saturated heterocycles. The number of rotatable bonds is 36. The monoisotopic (exact) mass is 760 g/mol. The summed E-state index contributed by atoms with van der Waals surface area (Å²) >= 11 is 0. The zero-order valence-corrected chi connectivity index (χ0v) is 35.2. The Kier molecular flexibility index (Phi) is 30.9. The molecule has 1 aromatic heterocycles. The Morgan fingerprint density at radius 1 is 0.278 bits per heavy atom. The molecule has 0 atom stereocenters. The molecule has 0 aliphatic rings. The third kappa shape index (κ3) is 22.1. The van der Waals surface area contributed by atoms with Crippen molar-refractivity contribution in [2.45, 2.75) is 252 Å². The molecule has 312 valence electrons. The van der Waals surface area contributed by atoms with Gasteiger partial charge in [-0.05, 0) is 19.3 Å². The normalized spacial score (nSPS) is 11.4. The first-order valence-electron chi connectivity index (χ1n) is 22.9. The molecule has 0 saturated carbocycles. The van der Waals surface area contributed by atoms with Crippen molar-refractivity contribution in [3.63, 3.8) is 0 Å². The quantitative estimate of drug-likeness (QED) is 0.0629. The number of unbranched alkanes of at least 4 members (excludes halogenated alkanes) is 30. The lowest BCUT2D eigenvalue weighted by Crippen LogP contribution is -2.59. The summed E-state index contributed by atoms with van der Waals surface area (Å²) in [7, 11) is 0. The van der Waals surface area contributed by atoms with E-state index >= 15 is 0 Å². The van der Waals surface area contributed by atoms with Crippen LogP contribution in [-0.2, 0) is 0 Å².